The van der Waals surface area contributed by atoms with E-state index in [4.69, 9.17) is 0 Å². The first-order valence-electron chi connectivity index (χ1n) is 7.07. The molecular weight excluding hydrogens is 240 g/mol. The van der Waals surface area contributed by atoms with Crippen molar-refractivity contribution in [2.24, 2.45) is 0 Å². The summed E-state index contributed by atoms with van der Waals surface area (Å²) in [5.41, 5.74) is 1.10. The Labute approximate surface area is 114 Å². The maximum absolute atomic E-state index is 12.0. The number of fused-ring (bicyclic) bond motifs is 1. The van der Waals surface area contributed by atoms with Gasteiger partial charge in [-0.25, -0.2) is 9.78 Å². The first-order chi connectivity index (χ1) is 9.34. The zero-order valence-corrected chi connectivity index (χ0v) is 11.6. The molecule has 0 saturated carbocycles. The molecule has 104 valence electrons. The number of aromatic nitrogens is 1. The summed E-state index contributed by atoms with van der Waals surface area (Å²) in [7, 11) is 0. The number of pyridine rings is 1. The van der Waals surface area contributed by atoms with Crippen molar-refractivity contribution in [1.82, 2.24) is 15.2 Å². The summed E-state index contributed by atoms with van der Waals surface area (Å²) in [4.78, 5) is 18.1. The third-order valence-corrected chi connectivity index (χ3v) is 3.47. The van der Waals surface area contributed by atoms with Gasteiger partial charge in [-0.15, -0.1) is 0 Å². The fourth-order valence-corrected chi connectivity index (χ4v) is 2.52. The minimum Gasteiger partial charge on any atom is -0.317 e. The van der Waals surface area contributed by atoms with Crippen molar-refractivity contribution in [2.45, 2.75) is 39.3 Å². The number of piperidine rings is 1. The monoisotopic (exact) mass is 262 g/mol. The van der Waals surface area contributed by atoms with Gasteiger partial charge in [0.25, 0.3) is 0 Å². The van der Waals surface area contributed by atoms with Crippen LogP contribution in [0.5, 0.6) is 0 Å². The van der Waals surface area contributed by atoms with Crippen LogP contribution in [0.2, 0.25) is 0 Å². The number of urea groups is 1. The van der Waals surface area contributed by atoms with Gasteiger partial charge in [0.15, 0.2) is 0 Å². The Morgan fingerprint density at radius 3 is 2.79 bits per heavy atom. The average Bonchev–Trinajstić information content (AvgIpc) is 2.49. The van der Waals surface area contributed by atoms with Crippen LogP contribution in [0, 0.1) is 0 Å². The van der Waals surface area contributed by atoms with Gasteiger partial charge in [0, 0.05) is 17.8 Å². The van der Waals surface area contributed by atoms with Gasteiger partial charge in [0.2, 0.25) is 0 Å². The van der Waals surface area contributed by atoms with Gasteiger partial charge < -0.3 is 10.2 Å². The number of nitrogens with one attached hydrogen (secondary N) is 2. The Bertz CT molecular complexity index is 429. The second-order valence-corrected chi connectivity index (χ2v) is 4.55. The molecule has 0 spiro atoms. The maximum atomic E-state index is 12.0. The van der Waals surface area contributed by atoms with Crippen LogP contribution in [-0.2, 0) is 6.54 Å². The highest BCUT2D eigenvalue weighted by atomic mass is 16.2. The first-order valence-corrected chi connectivity index (χ1v) is 7.07. The molecule has 1 aromatic heterocycles. The molecule has 19 heavy (non-hydrogen) atoms. The van der Waals surface area contributed by atoms with Crippen molar-refractivity contribution in [1.29, 1.82) is 0 Å². The molecule has 3 heterocycles. The Balaban J connectivity index is 0.000000637. The first kappa shape index (κ1) is 13.8. The van der Waals surface area contributed by atoms with Gasteiger partial charge in [0.1, 0.15) is 5.82 Å². The molecule has 2 N–H and O–H groups in total. The van der Waals surface area contributed by atoms with Gasteiger partial charge in [0.05, 0.1) is 6.54 Å². The summed E-state index contributed by atoms with van der Waals surface area (Å²) in [6.45, 7) is 6.67. The lowest BCUT2D eigenvalue weighted by molar-refractivity contribution is 0.163. The molecular formula is C14H22N4O. The lowest BCUT2D eigenvalue weighted by Gasteiger charge is -2.37. The van der Waals surface area contributed by atoms with Crippen molar-refractivity contribution >= 4 is 11.8 Å². The van der Waals surface area contributed by atoms with E-state index < -0.39 is 0 Å². The normalized spacial score (nSPS) is 19.1. The fourth-order valence-electron chi connectivity index (χ4n) is 2.52. The number of nitrogens with zero attached hydrogens (tertiary/aromatic N) is 2. The molecule has 2 aliphatic rings. The van der Waals surface area contributed by atoms with Crippen LogP contribution in [0.15, 0.2) is 18.3 Å². The quantitative estimate of drug-likeness (QED) is 0.816. The predicted octanol–water partition coefficient (Wildman–Crippen LogP) is 2.21. The minimum absolute atomic E-state index is 0.0110. The smallest absolute Gasteiger partial charge is 0.317 e. The maximum Gasteiger partial charge on any atom is 0.323 e. The van der Waals surface area contributed by atoms with Crippen molar-refractivity contribution in [3.05, 3.63) is 23.9 Å². The summed E-state index contributed by atoms with van der Waals surface area (Å²) in [6.07, 6.45) is 3.77. The largest absolute Gasteiger partial charge is 0.323 e. The summed E-state index contributed by atoms with van der Waals surface area (Å²) in [6, 6.07) is 4.28. The lowest BCUT2D eigenvalue weighted by atomic mass is 10.0. The number of amides is 2. The Morgan fingerprint density at radius 1 is 1.32 bits per heavy atom. The van der Waals surface area contributed by atoms with Crippen LogP contribution in [0.4, 0.5) is 10.6 Å². The molecule has 0 aliphatic carbocycles. The van der Waals surface area contributed by atoms with E-state index in [0.717, 1.165) is 31.5 Å². The molecule has 5 heteroatoms. The van der Waals surface area contributed by atoms with Gasteiger partial charge in [-0.1, -0.05) is 19.9 Å². The summed E-state index contributed by atoms with van der Waals surface area (Å²) >= 11 is 0. The molecule has 0 bridgehead atoms. The van der Waals surface area contributed by atoms with Crippen LogP contribution >= 0.6 is 0 Å². The van der Waals surface area contributed by atoms with Gasteiger partial charge in [-0.3, -0.25) is 5.32 Å². The van der Waals surface area contributed by atoms with Crippen molar-refractivity contribution in [3.63, 3.8) is 0 Å². The second kappa shape index (κ2) is 6.52. The topological polar surface area (TPSA) is 57.3 Å². The van der Waals surface area contributed by atoms with E-state index in [1.807, 2.05) is 30.9 Å². The molecule has 1 saturated heterocycles. The number of carbonyl (C=O) groups excluding carboxylic acids is 1. The van der Waals surface area contributed by atoms with Gasteiger partial charge in [-0.2, -0.15) is 0 Å². The molecule has 1 fully saturated rings. The van der Waals surface area contributed by atoms with Crippen LogP contribution in [0.3, 0.4) is 0 Å². The number of carbonyl (C=O) groups is 1. The summed E-state index contributed by atoms with van der Waals surface area (Å²) in [5.74, 6) is 0.711. The van der Waals surface area contributed by atoms with Crippen LogP contribution in [-0.4, -0.2) is 35.0 Å². The second-order valence-electron chi connectivity index (χ2n) is 4.55. The third kappa shape index (κ3) is 3.04. The highest BCUT2D eigenvalue weighted by molar-refractivity contribution is 5.91. The Kier molecular flexibility index (Phi) is 4.74. The number of hydrogen-bond acceptors (Lipinski definition) is 3. The fraction of sp³-hybridized carbons (Fsp3) is 0.571. The number of anilines is 1. The molecule has 3 rings (SSSR count). The van der Waals surface area contributed by atoms with Crippen molar-refractivity contribution < 1.29 is 4.79 Å². The Morgan fingerprint density at radius 2 is 2.05 bits per heavy atom. The SMILES string of the molecule is CC.O=C1Nc2ncccc2CN1C1CCNCC1. The van der Waals surface area contributed by atoms with Gasteiger partial charge in [-0.05, 0) is 32.0 Å². The lowest BCUT2D eigenvalue weighted by Crippen LogP contribution is -2.49. The summed E-state index contributed by atoms with van der Waals surface area (Å²) < 4.78 is 0. The zero-order valence-electron chi connectivity index (χ0n) is 11.6. The molecule has 1 aromatic rings. The zero-order chi connectivity index (χ0) is 13.7. The standard InChI is InChI=1S/C12H16N4O.C2H6/c17-12-15-11-9(2-1-5-14-11)8-16(12)10-3-6-13-7-4-10;1-2/h1-2,5,10,13H,3-4,6-8H2,(H,14,15,17);1-2H3. The molecule has 0 unspecified atom stereocenters. The third-order valence-electron chi connectivity index (χ3n) is 3.47. The predicted molar refractivity (Wildman–Crippen MR) is 76.0 cm³/mol. The van der Waals surface area contributed by atoms with Gasteiger partial charge >= 0.3 is 6.03 Å². The molecule has 0 atom stereocenters. The van der Waals surface area contributed by atoms with E-state index in [1.54, 1.807) is 6.20 Å². The summed E-state index contributed by atoms with van der Waals surface area (Å²) in [5, 5.41) is 6.18. The highest BCUT2D eigenvalue weighted by Crippen LogP contribution is 2.24. The van der Waals surface area contributed by atoms with E-state index in [9.17, 15) is 4.79 Å². The van der Waals surface area contributed by atoms with Crippen molar-refractivity contribution in [2.75, 3.05) is 18.4 Å². The molecule has 0 radical (unpaired) electrons. The molecule has 2 aliphatic heterocycles. The average molecular weight is 262 g/mol. The molecule has 2 amide bonds. The molecule has 5 nitrogen and oxygen atoms in total. The number of hydrogen-bond donors (Lipinski definition) is 2. The van der Waals surface area contributed by atoms with Crippen LogP contribution in [0.25, 0.3) is 0 Å². The van der Waals surface area contributed by atoms with Crippen molar-refractivity contribution in [3.8, 4) is 0 Å². The van der Waals surface area contributed by atoms with Crippen LogP contribution < -0.4 is 10.6 Å². The van der Waals surface area contributed by atoms with Crippen LogP contribution in [0.1, 0.15) is 32.3 Å². The van der Waals surface area contributed by atoms with E-state index in [1.165, 1.54) is 0 Å². The van der Waals surface area contributed by atoms with E-state index >= 15 is 0 Å². The van der Waals surface area contributed by atoms with E-state index in [2.05, 4.69) is 15.6 Å². The van der Waals surface area contributed by atoms with E-state index in [0.29, 0.717) is 18.4 Å². The minimum atomic E-state index is -0.0110. The van der Waals surface area contributed by atoms with E-state index in [-0.39, 0.29) is 6.03 Å². The Hall–Kier alpha value is -1.62. The number of rotatable bonds is 1. The molecule has 0 aromatic carbocycles. The highest BCUT2D eigenvalue weighted by Gasteiger charge is 2.29.